The molecule has 0 aliphatic carbocycles. The molecule has 9 nitrogen and oxygen atoms in total. The Labute approximate surface area is 183 Å². The Balaban J connectivity index is 1.79. The fourth-order valence-corrected chi connectivity index (χ4v) is 3.68. The van der Waals surface area contributed by atoms with E-state index in [0.717, 1.165) is 17.8 Å². The average molecular weight is 436 g/mol. The fraction of sp³-hybridized carbons (Fsp3) is 0.636. The van der Waals surface area contributed by atoms with Crippen molar-refractivity contribution in [3.63, 3.8) is 0 Å². The van der Waals surface area contributed by atoms with Crippen molar-refractivity contribution in [2.24, 2.45) is 7.05 Å². The molecular weight excluding hydrogens is 402 g/mol. The van der Waals surface area contributed by atoms with Crippen molar-refractivity contribution in [1.82, 2.24) is 14.8 Å². The monoisotopic (exact) mass is 435 g/mol. The van der Waals surface area contributed by atoms with E-state index in [0.29, 0.717) is 13.0 Å². The van der Waals surface area contributed by atoms with E-state index in [9.17, 15) is 19.2 Å². The highest BCUT2D eigenvalue weighted by molar-refractivity contribution is 6.33. The van der Waals surface area contributed by atoms with Crippen LogP contribution in [0.3, 0.4) is 0 Å². The molecule has 1 aromatic rings. The first-order valence-electron chi connectivity index (χ1n) is 10.7. The van der Waals surface area contributed by atoms with Crippen LogP contribution in [-0.4, -0.2) is 64.9 Å². The van der Waals surface area contributed by atoms with Crippen LogP contribution >= 0.6 is 0 Å². The third kappa shape index (κ3) is 6.16. The second kappa shape index (κ2) is 11.1. The smallest absolute Gasteiger partial charge is 0.375 e. The van der Waals surface area contributed by atoms with Crippen molar-refractivity contribution < 1.29 is 28.7 Å². The van der Waals surface area contributed by atoms with E-state index in [1.807, 2.05) is 30.7 Å². The van der Waals surface area contributed by atoms with E-state index in [2.05, 4.69) is 5.32 Å². The minimum atomic E-state index is -0.894. The lowest BCUT2D eigenvalue weighted by Crippen LogP contribution is -2.49. The number of carbonyl (C=O) groups excluding carboxylic acids is 4. The van der Waals surface area contributed by atoms with Crippen molar-refractivity contribution in [3.05, 3.63) is 23.5 Å². The van der Waals surface area contributed by atoms with Crippen molar-refractivity contribution in [2.45, 2.75) is 65.1 Å². The second-order valence-corrected chi connectivity index (χ2v) is 7.80. The second-order valence-electron chi connectivity index (χ2n) is 7.80. The minimum Gasteiger partial charge on any atom is -0.464 e. The molecule has 1 aliphatic heterocycles. The molecule has 1 N–H and O–H groups in total. The Morgan fingerprint density at radius 1 is 1.23 bits per heavy atom. The van der Waals surface area contributed by atoms with Crippen LogP contribution in [0.15, 0.2) is 12.1 Å². The number of aryl methyl sites for hydroxylation is 1. The number of ketones is 1. The number of rotatable bonds is 10. The Hall–Kier alpha value is -2.68. The maximum atomic E-state index is 12.7. The molecule has 1 saturated heterocycles. The molecule has 0 bridgehead atoms. The van der Waals surface area contributed by atoms with Gasteiger partial charge in [0.15, 0.2) is 0 Å². The van der Waals surface area contributed by atoms with Crippen molar-refractivity contribution in [3.8, 4) is 0 Å². The number of aromatic nitrogens is 1. The summed E-state index contributed by atoms with van der Waals surface area (Å²) in [4.78, 5) is 50.5. The van der Waals surface area contributed by atoms with E-state index >= 15 is 0 Å². The number of Topliss-reactive ketones (excluding diaryl/α,β-unsaturated/α-hetero) is 1. The quantitative estimate of drug-likeness (QED) is 0.438. The first-order valence-corrected chi connectivity index (χ1v) is 10.7. The molecule has 1 unspecified atom stereocenters. The molecule has 0 aromatic carbocycles. The van der Waals surface area contributed by atoms with Gasteiger partial charge in [-0.05, 0) is 52.7 Å². The third-order valence-corrected chi connectivity index (χ3v) is 5.61. The highest BCUT2D eigenvalue weighted by Crippen LogP contribution is 2.20. The topological polar surface area (TPSA) is 107 Å². The van der Waals surface area contributed by atoms with E-state index in [1.54, 1.807) is 20.8 Å². The Bertz CT molecular complexity index is 818. The van der Waals surface area contributed by atoms with Gasteiger partial charge in [-0.2, -0.15) is 0 Å². The number of esters is 2. The summed E-state index contributed by atoms with van der Waals surface area (Å²) >= 11 is 0. The summed E-state index contributed by atoms with van der Waals surface area (Å²) in [6, 6.07) is 2.62. The van der Waals surface area contributed by atoms with Crippen LogP contribution in [0.1, 0.15) is 57.5 Å². The van der Waals surface area contributed by atoms with Crippen LogP contribution < -0.4 is 5.32 Å². The van der Waals surface area contributed by atoms with E-state index in [-0.39, 0.29) is 31.4 Å². The zero-order valence-corrected chi connectivity index (χ0v) is 19.0. The third-order valence-electron chi connectivity index (χ3n) is 5.61. The predicted octanol–water partition coefficient (Wildman–Crippen LogP) is 1.43. The van der Waals surface area contributed by atoms with Crippen LogP contribution in [-0.2, 0) is 35.7 Å². The number of carbonyl (C=O) groups is 4. The molecule has 31 heavy (non-hydrogen) atoms. The normalized spacial score (nSPS) is 17.8. The Morgan fingerprint density at radius 2 is 1.94 bits per heavy atom. The van der Waals surface area contributed by atoms with E-state index < -0.39 is 29.9 Å². The van der Waals surface area contributed by atoms with Crippen LogP contribution in [0.4, 0.5) is 0 Å². The van der Waals surface area contributed by atoms with Crippen molar-refractivity contribution in [2.75, 3.05) is 19.7 Å². The van der Waals surface area contributed by atoms with Crippen molar-refractivity contribution in [1.29, 1.82) is 0 Å². The molecule has 3 atom stereocenters. The van der Waals surface area contributed by atoms with E-state index in [4.69, 9.17) is 9.47 Å². The van der Waals surface area contributed by atoms with Crippen LogP contribution in [0.5, 0.6) is 0 Å². The molecule has 0 saturated carbocycles. The molecule has 1 aliphatic rings. The van der Waals surface area contributed by atoms with Crippen LogP contribution in [0.25, 0.3) is 0 Å². The van der Waals surface area contributed by atoms with Gasteiger partial charge in [0.2, 0.25) is 11.7 Å². The van der Waals surface area contributed by atoms with Crippen LogP contribution in [0, 0.1) is 6.92 Å². The number of hydrogen-bond donors (Lipinski definition) is 1. The molecule has 0 radical (unpaired) electrons. The summed E-state index contributed by atoms with van der Waals surface area (Å²) in [5.74, 6) is -2.16. The average Bonchev–Trinajstić information content (AvgIpc) is 3.34. The molecule has 9 heteroatoms. The maximum absolute atomic E-state index is 12.7. The van der Waals surface area contributed by atoms with Crippen LogP contribution in [0.2, 0.25) is 0 Å². The number of hydrogen-bond acceptors (Lipinski definition) is 7. The zero-order chi connectivity index (χ0) is 23.1. The summed E-state index contributed by atoms with van der Waals surface area (Å²) in [6.45, 7) is 7.97. The fourth-order valence-electron chi connectivity index (χ4n) is 3.68. The lowest BCUT2D eigenvalue weighted by Gasteiger charge is -2.26. The number of nitrogens with zero attached hydrogens (tertiary/aromatic N) is 2. The molecule has 0 spiro atoms. The summed E-state index contributed by atoms with van der Waals surface area (Å²) < 4.78 is 12.2. The highest BCUT2D eigenvalue weighted by Gasteiger charge is 2.36. The molecule has 1 fully saturated rings. The summed E-state index contributed by atoms with van der Waals surface area (Å²) in [5.41, 5.74) is 1.83. The van der Waals surface area contributed by atoms with Crippen molar-refractivity contribution >= 4 is 23.6 Å². The minimum absolute atomic E-state index is 0.0867. The summed E-state index contributed by atoms with van der Waals surface area (Å²) in [7, 11) is 1.87. The van der Waals surface area contributed by atoms with Gasteiger partial charge in [0.05, 0.1) is 18.3 Å². The predicted molar refractivity (Wildman–Crippen MR) is 113 cm³/mol. The lowest BCUT2D eigenvalue weighted by atomic mass is 10.2. The first-order chi connectivity index (χ1) is 14.7. The zero-order valence-electron chi connectivity index (χ0n) is 19.0. The number of amides is 1. The van der Waals surface area contributed by atoms with Gasteiger partial charge in [-0.25, -0.2) is 9.59 Å². The molecular formula is C22H33N3O6. The van der Waals surface area contributed by atoms with Gasteiger partial charge in [0.1, 0.15) is 12.1 Å². The first kappa shape index (κ1) is 24.6. The largest absolute Gasteiger partial charge is 0.464 e. The SMILES string of the molecule is CCOC(=O)[C@@H]1CCCN1C(=O)[C@H](C)NCCC(=O)C(=O)OC(C)c1ccc(C)n1C. The summed E-state index contributed by atoms with van der Waals surface area (Å²) in [5, 5.41) is 2.96. The lowest BCUT2D eigenvalue weighted by molar-refractivity contribution is -0.157. The van der Waals surface area contributed by atoms with Gasteiger partial charge in [-0.1, -0.05) is 0 Å². The van der Waals surface area contributed by atoms with Gasteiger partial charge >= 0.3 is 11.9 Å². The van der Waals surface area contributed by atoms with Gasteiger partial charge < -0.3 is 24.3 Å². The van der Waals surface area contributed by atoms with Gasteiger partial charge in [0, 0.05) is 32.3 Å². The van der Waals surface area contributed by atoms with Gasteiger partial charge in [-0.15, -0.1) is 0 Å². The van der Waals surface area contributed by atoms with Gasteiger partial charge in [0.25, 0.3) is 0 Å². The Kier molecular flexibility index (Phi) is 8.79. The maximum Gasteiger partial charge on any atom is 0.375 e. The molecule has 2 rings (SSSR count). The number of likely N-dealkylation sites (tertiary alicyclic amines) is 1. The highest BCUT2D eigenvalue weighted by atomic mass is 16.5. The number of ether oxygens (including phenoxy) is 2. The molecule has 2 heterocycles. The standard InChI is InChI=1S/C22H33N3O6/c1-6-30-21(28)18-8-7-13-25(18)20(27)15(3)23-12-11-19(26)22(29)31-16(4)17-10-9-14(2)24(17)5/h9-10,15-16,18,23H,6-8,11-13H2,1-5H3/t15-,16?,18-/m0/s1. The number of nitrogens with one attached hydrogen (secondary N) is 1. The molecule has 1 aromatic heterocycles. The van der Waals surface area contributed by atoms with E-state index in [1.165, 1.54) is 4.90 Å². The van der Waals surface area contributed by atoms with Gasteiger partial charge in [-0.3, -0.25) is 9.59 Å². The molecule has 172 valence electrons. The summed E-state index contributed by atoms with van der Waals surface area (Å²) in [6.07, 6.45) is 0.695. The molecule has 1 amide bonds. The Morgan fingerprint density at radius 3 is 2.55 bits per heavy atom.